The number of H-pyrrole nitrogens is 1. The number of aromatic amines is 1. The first-order chi connectivity index (χ1) is 16.2. The van der Waals surface area contributed by atoms with Crippen LogP contribution < -0.4 is 10.1 Å². The lowest BCUT2D eigenvalue weighted by Gasteiger charge is -2.07. The Morgan fingerprint density at radius 2 is 1.97 bits per heavy atom. The average molecular weight is 476 g/mol. The summed E-state index contributed by atoms with van der Waals surface area (Å²) in [6.45, 7) is 4.00. The number of alkyl halides is 3. The highest BCUT2D eigenvalue weighted by atomic mass is 19.4. The van der Waals surface area contributed by atoms with E-state index in [0.717, 1.165) is 4.74 Å². The van der Waals surface area contributed by atoms with Crippen molar-refractivity contribution in [2.75, 3.05) is 12.4 Å². The summed E-state index contributed by atoms with van der Waals surface area (Å²) < 4.78 is 45.8. The van der Waals surface area contributed by atoms with Crippen molar-refractivity contribution in [1.82, 2.24) is 24.7 Å². The van der Waals surface area contributed by atoms with Gasteiger partial charge < -0.3 is 4.74 Å². The smallest absolute Gasteiger partial charge is 0.432 e. The van der Waals surface area contributed by atoms with Gasteiger partial charge in [-0.1, -0.05) is 13.8 Å². The molecule has 0 aliphatic heterocycles. The zero-order chi connectivity index (χ0) is 24.9. The SMILES string of the molecule is C/[N+](O)=C/c1cc(Oc2ccc3c(ccn3C(=O)Nc3cc(C(F)(F)F)[nH]n3)c2)ncn1.CC. The molecule has 0 aliphatic carbocycles. The molecule has 34 heavy (non-hydrogen) atoms. The Labute approximate surface area is 191 Å². The van der Waals surface area contributed by atoms with E-state index in [2.05, 4.69) is 20.4 Å². The van der Waals surface area contributed by atoms with Crippen LogP contribution in [-0.4, -0.2) is 54.0 Å². The number of benzene rings is 1. The number of rotatable bonds is 4. The molecule has 13 heteroatoms. The Morgan fingerprint density at radius 3 is 2.65 bits per heavy atom. The molecule has 0 aliphatic rings. The summed E-state index contributed by atoms with van der Waals surface area (Å²) in [7, 11) is 1.43. The Morgan fingerprint density at radius 1 is 1.21 bits per heavy atom. The second kappa shape index (κ2) is 10.0. The molecule has 0 saturated heterocycles. The number of nitrogens with one attached hydrogen (secondary N) is 2. The zero-order valence-electron chi connectivity index (χ0n) is 18.3. The number of ether oxygens (including phenoxy) is 1. The van der Waals surface area contributed by atoms with Crippen molar-refractivity contribution in [3.8, 4) is 11.6 Å². The van der Waals surface area contributed by atoms with Gasteiger partial charge in [0.25, 0.3) is 0 Å². The Bertz CT molecular complexity index is 1320. The zero-order valence-corrected chi connectivity index (χ0v) is 18.3. The highest BCUT2D eigenvalue weighted by molar-refractivity contribution is 5.98. The molecule has 0 spiro atoms. The Balaban J connectivity index is 0.00000158. The van der Waals surface area contributed by atoms with Gasteiger partial charge in [0.05, 0.1) is 5.52 Å². The number of aromatic nitrogens is 5. The lowest BCUT2D eigenvalue weighted by molar-refractivity contribution is -0.751. The van der Waals surface area contributed by atoms with Crippen LogP contribution in [0, 0.1) is 0 Å². The van der Waals surface area contributed by atoms with Crippen LogP contribution in [0.5, 0.6) is 11.6 Å². The van der Waals surface area contributed by atoms with Gasteiger partial charge in [-0.25, -0.2) is 14.8 Å². The van der Waals surface area contributed by atoms with Gasteiger partial charge in [-0.05, 0) is 29.0 Å². The maximum absolute atomic E-state index is 12.7. The summed E-state index contributed by atoms with van der Waals surface area (Å²) in [5.41, 5.74) is -0.140. The van der Waals surface area contributed by atoms with Crippen LogP contribution in [-0.2, 0) is 6.18 Å². The number of nitrogens with zero attached hydrogens (tertiary/aromatic N) is 5. The van der Waals surface area contributed by atoms with Gasteiger partial charge >= 0.3 is 12.2 Å². The Kier molecular flexibility index (Phi) is 7.14. The van der Waals surface area contributed by atoms with Gasteiger partial charge in [0.15, 0.2) is 12.9 Å². The van der Waals surface area contributed by atoms with Gasteiger partial charge in [0.1, 0.15) is 23.5 Å². The van der Waals surface area contributed by atoms with Crippen molar-refractivity contribution in [3.63, 3.8) is 0 Å². The van der Waals surface area contributed by atoms with Crippen molar-refractivity contribution in [2.45, 2.75) is 20.0 Å². The molecule has 0 atom stereocenters. The lowest BCUT2D eigenvalue weighted by atomic mass is 10.2. The molecule has 4 rings (SSSR count). The Hall–Kier alpha value is -4.42. The van der Waals surface area contributed by atoms with E-state index < -0.39 is 17.9 Å². The quantitative estimate of drug-likeness (QED) is 0.172. The first kappa shape index (κ1) is 24.2. The molecular weight excluding hydrogens is 455 g/mol. The fourth-order valence-corrected chi connectivity index (χ4v) is 2.85. The largest absolute Gasteiger partial charge is 0.439 e. The minimum atomic E-state index is -4.59. The summed E-state index contributed by atoms with van der Waals surface area (Å²) in [6, 6.07) is 8.08. The first-order valence-electron chi connectivity index (χ1n) is 10.0. The molecule has 3 heterocycles. The number of hydrogen-bond acceptors (Lipinski definition) is 6. The molecule has 0 radical (unpaired) electrons. The lowest BCUT2D eigenvalue weighted by Crippen LogP contribution is -2.18. The minimum Gasteiger partial charge on any atom is -0.439 e. The number of carbonyl (C=O) groups excluding carboxylic acids is 1. The summed E-state index contributed by atoms with van der Waals surface area (Å²) in [4.78, 5) is 20.5. The number of hydroxylamine groups is 1. The second-order valence-corrected chi connectivity index (χ2v) is 6.59. The highest BCUT2D eigenvalue weighted by Crippen LogP contribution is 2.29. The third kappa shape index (κ3) is 5.68. The fraction of sp³-hybridized carbons (Fsp3) is 0.190. The molecule has 1 amide bonds. The number of halogens is 3. The molecule has 1 aromatic carbocycles. The van der Waals surface area contributed by atoms with Gasteiger partial charge in [-0.3, -0.25) is 20.2 Å². The molecule has 4 aromatic rings. The topological polar surface area (TPSA) is 121 Å². The maximum Gasteiger partial charge on any atom is 0.432 e. The van der Waals surface area contributed by atoms with Crippen molar-refractivity contribution >= 4 is 29.0 Å². The van der Waals surface area contributed by atoms with Gasteiger partial charge in [-0.2, -0.15) is 18.3 Å². The van der Waals surface area contributed by atoms with E-state index >= 15 is 0 Å². The number of fused-ring (bicyclic) bond motifs is 1. The van der Waals surface area contributed by atoms with Gasteiger partial charge in [0.2, 0.25) is 12.1 Å². The predicted octanol–water partition coefficient (Wildman–Crippen LogP) is 4.52. The van der Waals surface area contributed by atoms with Crippen molar-refractivity contribution in [2.24, 2.45) is 0 Å². The third-order valence-electron chi connectivity index (χ3n) is 4.20. The van der Waals surface area contributed by atoms with Crippen molar-refractivity contribution in [3.05, 3.63) is 60.3 Å². The van der Waals surface area contributed by atoms with Crippen LogP contribution in [0.25, 0.3) is 10.9 Å². The molecule has 0 fully saturated rings. The van der Waals surface area contributed by atoms with E-state index in [1.165, 1.54) is 36.4 Å². The van der Waals surface area contributed by atoms with Gasteiger partial charge in [0, 0.05) is 23.7 Å². The summed E-state index contributed by atoms with van der Waals surface area (Å²) in [6.07, 6.45) is -0.477. The molecule has 3 aromatic heterocycles. The van der Waals surface area contributed by atoms with E-state index in [0.29, 0.717) is 28.4 Å². The normalized spacial score (nSPS) is 11.6. The standard InChI is InChI=1S/C19H14F3N7O3.C2H6/c1-28(31)9-12-7-17(24-10-23-12)32-13-2-3-14-11(6-13)4-5-29(14)18(30)25-16-8-15(26-27-16)19(20,21)22;1-2/h2-10,31H,1H3,(H,23,24);1-2H3/p+1. The predicted molar refractivity (Wildman–Crippen MR) is 117 cm³/mol. The maximum atomic E-state index is 12.7. The molecule has 178 valence electrons. The molecule has 0 saturated carbocycles. The van der Waals surface area contributed by atoms with Crippen LogP contribution >= 0.6 is 0 Å². The van der Waals surface area contributed by atoms with Gasteiger partial charge in [-0.15, -0.1) is 0 Å². The first-order valence-corrected chi connectivity index (χ1v) is 10.0. The number of hydrogen-bond donors (Lipinski definition) is 3. The molecule has 3 N–H and O–H groups in total. The van der Waals surface area contributed by atoms with Crippen LogP contribution in [0.15, 0.2) is 48.9 Å². The molecule has 0 unspecified atom stereocenters. The molecule has 0 bridgehead atoms. The monoisotopic (exact) mass is 476 g/mol. The third-order valence-corrected chi connectivity index (χ3v) is 4.20. The minimum absolute atomic E-state index is 0.239. The van der Waals surface area contributed by atoms with Crippen molar-refractivity contribution < 1.29 is 32.6 Å². The van der Waals surface area contributed by atoms with E-state index in [4.69, 9.17) is 4.74 Å². The summed E-state index contributed by atoms with van der Waals surface area (Å²) in [5.74, 6) is 0.414. The van der Waals surface area contributed by atoms with Crippen LogP contribution in [0.3, 0.4) is 0 Å². The van der Waals surface area contributed by atoms with Crippen LogP contribution in [0.1, 0.15) is 25.2 Å². The van der Waals surface area contributed by atoms with Crippen LogP contribution in [0.2, 0.25) is 0 Å². The van der Waals surface area contributed by atoms with Crippen LogP contribution in [0.4, 0.5) is 23.8 Å². The summed E-state index contributed by atoms with van der Waals surface area (Å²) in [5, 5.41) is 17.5. The van der Waals surface area contributed by atoms with E-state index in [9.17, 15) is 23.2 Å². The highest BCUT2D eigenvalue weighted by Gasteiger charge is 2.33. The number of carbonyl (C=O) groups is 1. The molecular formula is C21H21F3N7O3+. The molecule has 10 nitrogen and oxygen atoms in total. The number of amides is 1. The van der Waals surface area contributed by atoms with E-state index in [1.807, 2.05) is 18.9 Å². The number of anilines is 1. The fourth-order valence-electron chi connectivity index (χ4n) is 2.85. The van der Waals surface area contributed by atoms with Crippen molar-refractivity contribution in [1.29, 1.82) is 0 Å². The average Bonchev–Trinajstić information content (AvgIpc) is 3.42. The second-order valence-electron chi connectivity index (χ2n) is 6.59. The van der Waals surface area contributed by atoms with E-state index in [1.54, 1.807) is 24.3 Å². The van der Waals surface area contributed by atoms with E-state index in [-0.39, 0.29) is 11.7 Å². The summed E-state index contributed by atoms with van der Waals surface area (Å²) >= 11 is 0.